The van der Waals surface area contributed by atoms with Crippen LogP contribution in [0.2, 0.25) is 0 Å². The second-order valence-electron chi connectivity index (χ2n) is 5.08. The van der Waals surface area contributed by atoms with Crippen molar-refractivity contribution in [3.63, 3.8) is 0 Å². The first-order valence-electron chi connectivity index (χ1n) is 6.65. The highest BCUT2D eigenvalue weighted by Gasteiger charge is 2.18. The SMILES string of the molecule is Cc1ccc(NC(=O)C(C)N(C)Cc2ccsc2)cc1. The van der Waals surface area contributed by atoms with Crippen molar-refractivity contribution in [2.45, 2.75) is 26.4 Å². The Morgan fingerprint density at radius 3 is 2.60 bits per heavy atom. The number of carbonyl (C=O) groups excluding carboxylic acids is 1. The molecule has 2 rings (SSSR count). The molecule has 2 aromatic rings. The Balaban J connectivity index is 1.92. The fourth-order valence-corrected chi connectivity index (χ4v) is 2.55. The average molecular weight is 288 g/mol. The van der Waals surface area contributed by atoms with E-state index in [0.717, 1.165) is 12.2 Å². The number of nitrogens with one attached hydrogen (secondary N) is 1. The number of anilines is 1. The van der Waals surface area contributed by atoms with Gasteiger partial charge >= 0.3 is 0 Å². The van der Waals surface area contributed by atoms with Crippen LogP contribution in [0.1, 0.15) is 18.1 Å². The van der Waals surface area contributed by atoms with Gasteiger partial charge in [-0.1, -0.05) is 17.7 Å². The van der Waals surface area contributed by atoms with Crippen LogP contribution in [0.15, 0.2) is 41.1 Å². The van der Waals surface area contributed by atoms with E-state index in [9.17, 15) is 4.79 Å². The van der Waals surface area contributed by atoms with Gasteiger partial charge in [0.1, 0.15) is 0 Å². The topological polar surface area (TPSA) is 32.3 Å². The van der Waals surface area contributed by atoms with Gasteiger partial charge in [0, 0.05) is 12.2 Å². The molecule has 0 bridgehead atoms. The molecule has 0 saturated heterocycles. The quantitative estimate of drug-likeness (QED) is 0.913. The van der Waals surface area contributed by atoms with E-state index in [4.69, 9.17) is 0 Å². The van der Waals surface area contributed by atoms with Crippen molar-refractivity contribution < 1.29 is 4.79 Å². The average Bonchev–Trinajstić information content (AvgIpc) is 2.93. The fourth-order valence-electron chi connectivity index (χ4n) is 1.89. The van der Waals surface area contributed by atoms with Crippen LogP contribution in [0.25, 0.3) is 0 Å². The van der Waals surface area contributed by atoms with E-state index in [1.165, 1.54) is 11.1 Å². The van der Waals surface area contributed by atoms with Gasteiger partial charge in [-0.15, -0.1) is 0 Å². The molecule has 1 atom stereocenters. The molecular formula is C16H20N2OS. The zero-order valence-corrected chi connectivity index (χ0v) is 12.9. The Morgan fingerprint density at radius 1 is 1.30 bits per heavy atom. The van der Waals surface area contributed by atoms with Gasteiger partial charge in [0.05, 0.1) is 6.04 Å². The van der Waals surface area contributed by atoms with Crippen molar-refractivity contribution in [1.82, 2.24) is 4.90 Å². The highest BCUT2D eigenvalue weighted by molar-refractivity contribution is 7.07. The molecule has 1 aromatic heterocycles. The molecule has 0 fully saturated rings. The molecular weight excluding hydrogens is 268 g/mol. The second kappa shape index (κ2) is 6.68. The molecule has 1 amide bonds. The summed E-state index contributed by atoms with van der Waals surface area (Å²) in [6.45, 7) is 4.74. The molecule has 4 heteroatoms. The first kappa shape index (κ1) is 14.8. The number of carbonyl (C=O) groups is 1. The highest BCUT2D eigenvalue weighted by atomic mass is 32.1. The first-order valence-corrected chi connectivity index (χ1v) is 7.59. The van der Waals surface area contributed by atoms with E-state index in [2.05, 4.69) is 22.1 Å². The highest BCUT2D eigenvalue weighted by Crippen LogP contribution is 2.13. The predicted molar refractivity (Wildman–Crippen MR) is 85.1 cm³/mol. The van der Waals surface area contributed by atoms with Crippen molar-refractivity contribution in [2.24, 2.45) is 0 Å². The van der Waals surface area contributed by atoms with Gasteiger partial charge in [0.2, 0.25) is 5.91 Å². The number of benzene rings is 1. The molecule has 0 spiro atoms. The smallest absolute Gasteiger partial charge is 0.241 e. The summed E-state index contributed by atoms with van der Waals surface area (Å²) >= 11 is 1.68. The number of hydrogen-bond donors (Lipinski definition) is 1. The summed E-state index contributed by atoms with van der Waals surface area (Å²) in [5.74, 6) is 0.0200. The molecule has 0 saturated carbocycles. The minimum absolute atomic E-state index is 0.0200. The maximum absolute atomic E-state index is 12.2. The molecule has 1 N–H and O–H groups in total. The van der Waals surface area contributed by atoms with Crippen LogP contribution in [-0.2, 0) is 11.3 Å². The standard InChI is InChI=1S/C16H20N2OS/c1-12-4-6-15(7-5-12)17-16(19)13(2)18(3)10-14-8-9-20-11-14/h4-9,11,13H,10H2,1-3H3,(H,17,19). The van der Waals surface area contributed by atoms with E-state index in [0.29, 0.717) is 0 Å². The van der Waals surface area contributed by atoms with Crippen molar-refractivity contribution in [3.8, 4) is 0 Å². The number of rotatable bonds is 5. The van der Waals surface area contributed by atoms with Gasteiger partial charge in [-0.3, -0.25) is 9.69 Å². The normalized spacial score (nSPS) is 12.4. The number of amides is 1. The molecule has 3 nitrogen and oxygen atoms in total. The van der Waals surface area contributed by atoms with Crippen LogP contribution in [-0.4, -0.2) is 23.9 Å². The Kier molecular flexibility index (Phi) is 4.93. The summed E-state index contributed by atoms with van der Waals surface area (Å²) in [6, 6.07) is 9.77. The van der Waals surface area contributed by atoms with Gasteiger partial charge in [0.15, 0.2) is 0 Å². The zero-order valence-electron chi connectivity index (χ0n) is 12.1. The van der Waals surface area contributed by atoms with E-state index in [1.54, 1.807) is 11.3 Å². The minimum atomic E-state index is -0.170. The summed E-state index contributed by atoms with van der Waals surface area (Å²) in [7, 11) is 1.97. The lowest BCUT2D eigenvalue weighted by Gasteiger charge is -2.23. The third kappa shape index (κ3) is 3.92. The van der Waals surface area contributed by atoms with Gasteiger partial charge in [-0.05, 0) is 55.4 Å². The lowest BCUT2D eigenvalue weighted by atomic mass is 10.2. The third-order valence-corrected chi connectivity index (χ3v) is 4.10. The number of likely N-dealkylation sites (N-methyl/N-ethyl adjacent to an activating group) is 1. The van der Waals surface area contributed by atoms with Crippen LogP contribution in [0.4, 0.5) is 5.69 Å². The first-order chi connectivity index (χ1) is 9.56. The Bertz CT molecular complexity index is 548. The maximum Gasteiger partial charge on any atom is 0.241 e. The molecule has 0 aliphatic heterocycles. The molecule has 1 unspecified atom stereocenters. The molecule has 0 aliphatic rings. The van der Waals surface area contributed by atoms with E-state index < -0.39 is 0 Å². The van der Waals surface area contributed by atoms with Gasteiger partial charge in [-0.2, -0.15) is 11.3 Å². The van der Waals surface area contributed by atoms with Crippen molar-refractivity contribution >= 4 is 22.9 Å². The summed E-state index contributed by atoms with van der Waals surface area (Å²) in [6.07, 6.45) is 0. The van der Waals surface area contributed by atoms with Crippen LogP contribution in [0.3, 0.4) is 0 Å². The molecule has 0 aliphatic carbocycles. The van der Waals surface area contributed by atoms with Gasteiger partial charge in [0.25, 0.3) is 0 Å². The van der Waals surface area contributed by atoms with Crippen molar-refractivity contribution in [2.75, 3.05) is 12.4 Å². The summed E-state index contributed by atoms with van der Waals surface area (Å²) < 4.78 is 0. The van der Waals surface area contributed by atoms with Gasteiger partial charge < -0.3 is 5.32 Å². The fraction of sp³-hybridized carbons (Fsp3) is 0.312. The van der Waals surface area contributed by atoms with Crippen LogP contribution in [0.5, 0.6) is 0 Å². The number of nitrogens with zero attached hydrogens (tertiary/aromatic N) is 1. The summed E-state index contributed by atoms with van der Waals surface area (Å²) in [4.78, 5) is 14.3. The second-order valence-corrected chi connectivity index (χ2v) is 5.86. The van der Waals surface area contributed by atoms with Crippen molar-refractivity contribution in [1.29, 1.82) is 0 Å². The van der Waals surface area contributed by atoms with Crippen LogP contribution < -0.4 is 5.32 Å². The van der Waals surface area contributed by atoms with E-state index in [1.807, 2.05) is 50.1 Å². The predicted octanol–water partition coefficient (Wildman–Crippen LogP) is 3.52. The molecule has 20 heavy (non-hydrogen) atoms. The maximum atomic E-state index is 12.2. The molecule has 1 heterocycles. The molecule has 0 radical (unpaired) electrons. The van der Waals surface area contributed by atoms with E-state index in [-0.39, 0.29) is 11.9 Å². The van der Waals surface area contributed by atoms with Crippen LogP contribution >= 0.6 is 11.3 Å². The lowest BCUT2D eigenvalue weighted by molar-refractivity contribution is -0.120. The van der Waals surface area contributed by atoms with Crippen molar-refractivity contribution in [3.05, 3.63) is 52.2 Å². The lowest BCUT2D eigenvalue weighted by Crippen LogP contribution is -2.39. The largest absolute Gasteiger partial charge is 0.325 e. The Morgan fingerprint density at radius 2 is 2.00 bits per heavy atom. The third-order valence-electron chi connectivity index (χ3n) is 3.37. The Hall–Kier alpha value is -1.65. The zero-order chi connectivity index (χ0) is 14.5. The number of hydrogen-bond acceptors (Lipinski definition) is 3. The monoisotopic (exact) mass is 288 g/mol. The number of aryl methyl sites for hydroxylation is 1. The van der Waals surface area contributed by atoms with Crippen LogP contribution in [0, 0.1) is 6.92 Å². The summed E-state index contributed by atoms with van der Waals surface area (Å²) in [5, 5.41) is 7.12. The molecule has 1 aromatic carbocycles. The van der Waals surface area contributed by atoms with Gasteiger partial charge in [-0.25, -0.2) is 0 Å². The molecule has 106 valence electrons. The number of thiophene rings is 1. The minimum Gasteiger partial charge on any atom is -0.325 e. The Labute approximate surface area is 124 Å². The van der Waals surface area contributed by atoms with E-state index >= 15 is 0 Å². The summed E-state index contributed by atoms with van der Waals surface area (Å²) in [5.41, 5.74) is 3.27.